The second-order valence-corrected chi connectivity index (χ2v) is 5.74. The maximum absolute atomic E-state index is 2.26. The Kier molecular flexibility index (Phi) is 4.68. The quantitative estimate of drug-likeness (QED) is 0.496. The fourth-order valence-electron chi connectivity index (χ4n) is 3.12. The zero-order chi connectivity index (χ0) is 14.3. The lowest BCUT2D eigenvalue weighted by atomic mass is 9.98. The van der Waals surface area contributed by atoms with Gasteiger partial charge in [-0.15, -0.1) is 0 Å². The number of rotatable bonds is 1. The normalized spacial score (nSPS) is 14.7. The van der Waals surface area contributed by atoms with Crippen LogP contribution < -0.4 is 0 Å². The van der Waals surface area contributed by atoms with Gasteiger partial charge in [0.15, 0.2) is 0 Å². The molecule has 0 amide bonds. The molecule has 0 atom stereocenters. The molecule has 1 fully saturated rings. The van der Waals surface area contributed by atoms with E-state index >= 15 is 0 Å². The lowest BCUT2D eigenvalue weighted by Crippen LogP contribution is -1.89. The molecule has 0 aromatic heterocycles. The van der Waals surface area contributed by atoms with E-state index in [0.717, 1.165) is 5.92 Å². The summed E-state index contributed by atoms with van der Waals surface area (Å²) >= 11 is 0. The molecule has 0 heteroatoms. The van der Waals surface area contributed by atoms with Crippen molar-refractivity contribution < 1.29 is 0 Å². The van der Waals surface area contributed by atoms with E-state index in [1.807, 2.05) is 0 Å². The SMILES string of the molecule is c1ccc(C2CCCC2)cc1.c1ccc2ccccc2c1. The molecule has 1 aliphatic rings. The highest BCUT2D eigenvalue weighted by Gasteiger charge is 2.15. The van der Waals surface area contributed by atoms with Crippen LogP contribution in [0.5, 0.6) is 0 Å². The van der Waals surface area contributed by atoms with Crippen molar-refractivity contribution in [2.45, 2.75) is 31.6 Å². The van der Waals surface area contributed by atoms with Gasteiger partial charge < -0.3 is 0 Å². The number of benzene rings is 3. The highest BCUT2D eigenvalue weighted by Crippen LogP contribution is 2.33. The summed E-state index contributed by atoms with van der Waals surface area (Å²) in [6, 6.07) is 27.6. The molecule has 0 N–H and O–H groups in total. The molecule has 0 heterocycles. The second kappa shape index (κ2) is 7.08. The molecule has 21 heavy (non-hydrogen) atoms. The van der Waals surface area contributed by atoms with E-state index in [9.17, 15) is 0 Å². The lowest BCUT2D eigenvalue weighted by molar-refractivity contribution is 0.723. The summed E-state index contributed by atoms with van der Waals surface area (Å²) in [6.45, 7) is 0. The van der Waals surface area contributed by atoms with Crippen LogP contribution in [0.25, 0.3) is 10.8 Å². The zero-order valence-corrected chi connectivity index (χ0v) is 12.4. The molecule has 3 aromatic rings. The minimum Gasteiger partial charge on any atom is -0.0622 e. The Morgan fingerprint density at radius 1 is 0.524 bits per heavy atom. The minimum atomic E-state index is 0.871. The lowest BCUT2D eigenvalue weighted by Gasteiger charge is -2.07. The maximum atomic E-state index is 2.26. The molecule has 0 aliphatic heterocycles. The first-order valence-electron chi connectivity index (χ1n) is 7.92. The van der Waals surface area contributed by atoms with Gasteiger partial charge in [-0.05, 0) is 35.1 Å². The van der Waals surface area contributed by atoms with Gasteiger partial charge in [0.1, 0.15) is 0 Å². The molecule has 0 spiro atoms. The summed E-state index contributed by atoms with van der Waals surface area (Å²) in [6.07, 6.45) is 5.67. The van der Waals surface area contributed by atoms with Gasteiger partial charge in [0, 0.05) is 0 Å². The maximum Gasteiger partial charge on any atom is -0.0162 e. The molecule has 0 bridgehead atoms. The summed E-state index contributed by atoms with van der Waals surface area (Å²) in [4.78, 5) is 0. The molecule has 106 valence electrons. The third-order valence-electron chi connectivity index (χ3n) is 4.28. The molecule has 1 saturated carbocycles. The van der Waals surface area contributed by atoms with Gasteiger partial charge >= 0.3 is 0 Å². The van der Waals surface area contributed by atoms with E-state index < -0.39 is 0 Å². The molecule has 4 rings (SSSR count). The molecular weight excluding hydrogens is 252 g/mol. The average Bonchev–Trinajstić information content (AvgIpc) is 3.11. The minimum absolute atomic E-state index is 0.871. The molecule has 0 nitrogen and oxygen atoms in total. The van der Waals surface area contributed by atoms with Crippen LogP contribution in [0.15, 0.2) is 78.9 Å². The highest BCUT2D eigenvalue weighted by molar-refractivity contribution is 5.81. The van der Waals surface area contributed by atoms with E-state index in [2.05, 4.69) is 78.9 Å². The first-order chi connectivity index (χ1) is 10.4. The summed E-state index contributed by atoms with van der Waals surface area (Å²) in [5, 5.41) is 2.62. The van der Waals surface area contributed by atoms with Gasteiger partial charge in [-0.25, -0.2) is 0 Å². The van der Waals surface area contributed by atoms with E-state index in [4.69, 9.17) is 0 Å². The smallest absolute Gasteiger partial charge is 0.0162 e. The van der Waals surface area contributed by atoms with Crippen LogP contribution in [0, 0.1) is 0 Å². The third-order valence-corrected chi connectivity index (χ3v) is 4.28. The van der Waals surface area contributed by atoms with Crippen LogP contribution in [0.3, 0.4) is 0 Å². The van der Waals surface area contributed by atoms with E-state index in [0.29, 0.717) is 0 Å². The van der Waals surface area contributed by atoms with Gasteiger partial charge in [0.25, 0.3) is 0 Å². The number of hydrogen-bond acceptors (Lipinski definition) is 0. The zero-order valence-electron chi connectivity index (χ0n) is 12.4. The van der Waals surface area contributed by atoms with E-state index in [1.54, 1.807) is 5.56 Å². The van der Waals surface area contributed by atoms with Crippen LogP contribution >= 0.6 is 0 Å². The summed E-state index contributed by atoms with van der Waals surface area (Å²) < 4.78 is 0. The molecule has 0 unspecified atom stereocenters. The Balaban J connectivity index is 0.000000126. The van der Waals surface area contributed by atoms with Crippen molar-refractivity contribution in [1.29, 1.82) is 0 Å². The Labute approximate surface area is 127 Å². The van der Waals surface area contributed by atoms with Gasteiger partial charge in [0.05, 0.1) is 0 Å². The average molecular weight is 274 g/mol. The summed E-state index contributed by atoms with van der Waals surface area (Å²) in [7, 11) is 0. The van der Waals surface area contributed by atoms with Crippen molar-refractivity contribution in [3.8, 4) is 0 Å². The number of hydrogen-bond donors (Lipinski definition) is 0. The Morgan fingerprint density at radius 3 is 1.43 bits per heavy atom. The van der Waals surface area contributed by atoms with E-state index in [1.165, 1.54) is 36.5 Å². The van der Waals surface area contributed by atoms with Crippen LogP contribution in [0.1, 0.15) is 37.2 Å². The Hall–Kier alpha value is -2.08. The van der Waals surface area contributed by atoms with Crippen molar-refractivity contribution in [1.82, 2.24) is 0 Å². The standard InChI is InChI=1S/C11H14.C10H8/c1-2-6-10(7-3-1)11-8-4-5-9-11;1-2-6-10-8-4-3-7-9(10)5-1/h1-3,6-7,11H,4-5,8-9H2;1-8H. The molecular formula is C21H22. The molecule has 1 aliphatic carbocycles. The van der Waals surface area contributed by atoms with Crippen LogP contribution in [-0.4, -0.2) is 0 Å². The van der Waals surface area contributed by atoms with Crippen LogP contribution in [0.2, 0.25) is 0 Å². The fourth-order valence-corrected chi connectivity index (χ4v) is 3.12. The van der Waals surface area contributed by atoms with Crippen LogP contribution in [-0.2, 0) is 0 Å². The first-order valence-corrected chi connectivity index (χ1v) is 7.92. The Bertz CT molecular complexity index is 598. The van der Waals surface area contributed by atoms with Gasteiger partial charge in [-0.2, -0.15) is 0 Å². The van der Waals surface area contributed by atoms with Crippen molar-refractivity contribution in [3.05, 3.63) is 84.4 Å². The fraction of sp³-hybridized carbons (Fsp3) is 0.238. The predicted octanol–water partition coefficient (Wildman–Crippen LogP) is 6.18. The largest absolute Gasteiger partial charge is 0.0622 e. The third kappa shape index (κ3) is 3.72. The van der Waals surface area contributed by atoms with Gasteiger partial charge in [-0.3, -0.25) is 0 Å². The molecule has 0 saturated heterocycles. The first kappa shape index (κ1) is 13.9. The van der Waals surface area contributed by atoms with Crippen molar-refractivity contribution in [2.75, 3.05) is 0 Å². The van der Waals surface area contributed by atoms with Crippen molar-refractivity contribution in [2.24, 2.45) is 0 Å². The molecule has 0 radical (unpaired) electrons. The van der Waals surface area contributed by atoms with Crippen molar-refractivity contribution in [3.63, 3.8) is 0 Å². The highest BCUT2D eigenvalue weighted by atomic mass is 14.2. The summed E-state index contributed by atoms with van der Waals surface area (Å²) in [5.74, 6) is 0.871. The van der Waals surface area contributed by atoms with Gasteiger partial charge in [-0.1, -0.05) is 91.7 Å². The summed E-state index contributed by atoms with van der Waals surface area (Å²) in [5.41, 5.74) is 1.55. The number of fused-ring (bicyclic) bond motifs is 1. The van der Waals surface area contributed by atoms with Gasteiger partial charge in [0.2, 0.25) is 0 Å². The Morgan fingerprint density at radius 2 is 0.952 bits per heavy atom. The predicted molar refractivity (Wildman–Crippen MR) is 91.6 cm³/mol. The second-order valence-electron chi connectivity index (χ2n) is 5.74. The van der Waals surface area contributed by atoms with Crippen molar-refractivity contribution >= 4 is 10.8 Å². The molecule has 3 aromatic carbocycles. The van der Waals surface area contributed by atoms with E-state index in [-0.39, 0.29) is 0 Å². The monoisotopic (exact) mass is 274 g/mol. The topological polar surface area (TPSA) is 0 Å². The van der Waals surface area contributed by atoms with Crippen LogP contribution in [0.4, 0.5) is 0 Å².